The Kier molecular flexibility index (Phi) is 5.34. The van der Waals surface area contributed by atoms with Gasteiger partial charge >= 0.3 is 0 Å². The van der Waals surface area contributed by atoms with E-state index in [0.717, 1.165) is 38.0 Å². The summed E-state index contributed by atoms with van der Waals surface area (Å²) < 4.78 is 5.06. The van der Waals surface area contributed by atoms with Crippen LogP contribution in [0.3, 0.4) is 0 Å². The molecule has 7 heteroatoms. The number of benzene rings is 1. The van der Waals surface area contributed by atoms with Gasteiger partial charge in [0.2, 0.25) is 5.91 Å². The van der Waals surface area contributed by atoms with Crippen LogP contribution in [0.25, 0.3) is 0 Å². The first-order valence-corrected chi connectivity index (χ1v) is 8.63. The van der Waals surface area contributed by atoms with Gasteiger partial charge in [0.05, 0.1) is 6.26 Å². The number of rotatable bonds is 4. The van der Waals surface area contributed by atoms with E-state index in [1.165, 1.54) is 6.26 Å². The topological polar surface area (TPSA) is 83.4 Å². The normalized spacial score (nSPS) is 20.1. The van der Waals surface area contributed by atoms with Gasteiger partial charge < -0.3 is 20.4 Å². The molecule has 1 atom stereocenters. The second-order valence-corrected chi connectivity index (χ2v) is 6.87. The molecule has 1 aromatic heterocycles. The zero-order chi connectivity index (χ0) is 17.3. The predicted molar refractivity (Wildman–Crippen MR) is 102 cm³/mol. The van der Waals surface area contributed by atoms with Crippen LogP contribution in [-0.2, 0) is 4.79 Å². The molecule has 1 spiro atoms. The number of furan rings is 1. The predicted octanol–water partition coefficient (Wildman–Crippen LogP) is 3.28. The maximum absolute atomic E-state index is 12.5. The van der Waals surface area contributed by atoms with Gasteiger partial charge in [-0.25, -0.2) is 0 Å². The number of amides is 2. The minimum absolute atomic E-state index is 0. The standard InChI is InChI=1S/C19H21N3O3.ClH/c23-17(15-12-19(15)7-9-20-10-8-19)21-13-3-5-14(6-4-13)22-18(24)16-2-1-11-25-16;/h1-6,11,15,20H,7-10,12H2,(H,21,23)(H,22,24);1H. The first-order valence-electron chi connectivity index (χ1n) is 8.63. The lowest BCUT2D eigenvalue weighted by atomic mass is 9.92. The van der Waals surface area contributed by atoms with Crippen LogP contribution in [0, 0.1) is 11.3 Å². The van der Waals surface area contributed by atoms with Crippen LogP contribution in [0.1, 0.15) is 29.8 Å². The van der Waals surface area contributed by atoms with Crippen LogP contribution in [-0.4, -0.2) is 24.9 Å². The lowest BCUT2D eigenvalue weighted by Gasteiger charge is -2.23. The molecule has 1 saturated carbocycles. The summed E-state index contributed by atoms with van der Waals surface area (Å²) in [5.41, 5.74) is 1.63. The van der Waals surface area contributed by atoms with Gasteiger partial charge in [-0.15, -0.1) is 12.4 Å². The van der Waals surface area contributed by atoms with Gasteiger partial charge in [-0.1, -0.05) is 0 Å². The SMILES string of the molecule is Cl.O=C(Nc1ccc(NC(=O)C2CC23CCNCC3)cc1)c1ccco1. The maximum Gasteiger partial charge on any atom is 0.291 e. The molecule has 1 saturated heterocycles. The Labute approximate surface area is 158 Å². The lowest BCUT2D eigenvalue weighted by Crippen LogP contribution is -2.31. The molecule has 1 unspecified atom stereocenters. The van der Waals surface area contributed by atoms with Crippen LogP contribution < -0.4 is 16.0 Å². The first-order chi connectivity index (χ1) is 12.2. The van der Waals surface area contributed by atoms with Gasteiger partial charge in [0.25, 0.3) is 5.91 Å². The molecule has 2 aliphatic rings. The zero-order valence-electron chi connectivity index (χ0n) is 14.3. The van der Waals surface area contributed by atoms with E-state index in [0.29, 0.717) is 5.69 Å². The molecule has 1 aliphatic carbocycles. The average Bonchev–Trinajstić information content (AvgIpc) is 3.07. The maximum atomic E-state index is 12.5. The van der Waals surface area contributed by atoms with E-state index in [-0.39, 0.29) is 41.3 Å². The Morgan fingerprint density at radius 1 is 1.04 bits per heavy atom. The van der Waals surface area contributed by atoms with Gasteiger partial charge in [0.15, 0.2) is 5.76 Å². The van der Waals surface area contributed by atoms with Gasteiger partial charge in [0, 0.05) is 17.3 Å². The first kappa shape index (κ1) is 18.5. The van der Waals surface area contributed by atoms with Crippen molar-refractivity contribution in [3.8, 4) is 0 Å². The van der Waals surface area contributed by atoms with E-state index in [1.54, 1.807) is 36.4 Å². The lowest BCUT2D eigenvalue weighted by molar-refractivity contribution is -0.118. The molecule has 26 heavy (non-hydrogen) atoms. The van der Waals surface area contributed by atoms with E-state index in [1.807, 2.05) is 0 Å². The number of anilines is 2. The fraction of sp³-hybridized carbons (Fsp3) is 0.368. The number of piperidine rings is 1. The van der Waals surface area contributed by atoms with E-state index in [2.05, 4.69) is 16.0 Å². The summed E-state index contributed by atoms with van der Waals surface area (Å²) in [4.78, 5) is 24.4. The van der Waals surface area contributed by atoms with E-state index >= 15 is 0 Å². The molecule has 1 aromatic carbocycles. The molecule has 0 bridgehead atoms. The van der Waals surface area contributed by atoms with Crippen molar-refractivity contribution in [3.63, 3.8) is 0 Å². The number of hydrogen-bond donors (Lipinski definition) is 3. The summed E-state index contributed by atoms with van der Waals surface area (Å²) in [7, 11) is 0. The van der Waals surface area contributed by atoms with Gasteiger partial charge in [-0.2, -0.15) is 0 Å². The van der Waals surface area contributed by atoms with Crippen LogP contribution in [0.15, 0.2) is 47.1 Å². The molecule has 1 aliphatic heterocycles. The summed E-state index contributed by atoms with van der Waals surface area (Å²) in [6.07, 6.45) is 4.63. The number of nitrogens with one attached hydrogen (secondary N) is 3. The summed E-state index contributed by atoms with van der Waals surface area (Å²) >= 11 is 0. The molecular weight excluding hydrogens is 354 g/mol. The van der Waals surface area contributed by atoms with Crippen molar-refractivity contribution in [2.45, 2.75) is 19.3 Å². The smallest absolute Gasteiger partial charge is 0.291 e. The Balaban J connectivity index is 0.00000196. The minimum atomic E-state index is -0.299. The van der Waals surface area contributed by atoms with E-state index in [9.17, 15) is 9.59 Å². The van der Waals surface area contributed by atoms with Gasteiger partial charge in [-0.3, -0.25) is 9.59 Å². The minimum Gasteiger partial charge on any atom is -0.459 e. The fourth-order valence-corrected chi connectivity index (χ4v) is 3.66. The molecule has 3 N–H and O–H groups in total. The molecule has 4 rings (SSSR count). The molecule has 2 amide bonds. The molecule has 0 radical (unpaired) electrons. The summed E-state index contributed by atoms with van der Waals surface area (Å²) in [5.74, 6) is 0.202. The Bertz CT molecular complexity index is 768. The summed E-state index contributed by atoms with van der Waals surface area (Å²) in [5, 5.41) is 9.10. The highest BCUT2D eigenvalue weighted by atomic mass is 35.5. The van der Waals surface area contributed by atoms with Crippen molar-refractivity contribution >= 4 is 35.6 Å². The molecular formula is C19H22ClN3O3. The van der Waals surface area contributed by atoms with Crippen molar-refractivity contribution < 1.29 is 14.0 Å². The monoisotopic (exact) mass is 375 g/mol. The quantitative estimate of drug-likeness (QED) is 0.765. The molecule has 138 valence electrons. The highest BCUT2D eigenvalue weighted by Gasteiger charge is 2.57. The second kappa shape index (κ2) is 7.51. The van der Waals surface area contributed by atoms with E-state index < -0.39 is 0 Å². The third kappa shape index (κ3) is 3.76. The Morgan fingerprint density at radius 3 is 2.31 bits per heavy atom. The highest BCUT2D eigenvalue weighted by Crippen LogP contribution is 2.58. The number of halogens is 1. The van der Waals surface area contributed by atoms with Crippen molar-refractivity contribution in [2.75, 3.05) is 23.7 Å². The second-order valence-electron chi connectivity index (χ2n) is 6.87. The van der Waals surface area contributed by atoms with Crippen LogP contribution >= 0.6 is 12.4 Å². The van der Waals surface area contributed by atoms with Crippen molar-refractivity contribution in [1.29, 1.82) is 0 Å². The van der Waals surface area contributed by atoms with Crippen molar-refractivity contribution in [3.05, 3.63) is 48.4 Å². The van der Waals surface area contributed by atoms with Gasteiger partial charge in [-0.05, 0) is 74.2 Å². The fourth-order valence-electron chi connectivity index (χ4n) is 3.66. The average molecular weight is 376 g/mol. The number of carbonyl (C=O) groups is 2. The molecule has 6 nitrogen and oxygen atoms in total. The molecule has 2 heterocycles. The largest absolute Gasteiger partial charge is 0.459 e. The number of carbonyl (C=O) groups excluding carboxylic acids is 2. The van der Waals surface area contributed by atoms with Gasteiger partial charge in [0.1, 0.15) is 0 Å². The Morgan fingerprint density at radius 2 is 1.69 bits per heavy atom. The third-order valence-corrected chi connectivity index (χ3v) is 5.26. The molecule has 2 fully saturated rings. The van der Waals surface area contributed by atoms with E-state index in [4.69, 9.17) is 4.42 Å². The van der Waals surface area contributed by atoms with Crippen LogP contribution in [0.2, 0.25) is 0 Å². The van der Waals surface area contributed by atoms with Crippen molar-refractivity contribution in [1.82, 2.24) is 5.32 Å². The summed E-state index contributed by atoms with van der Waals surface area (Å²) in [6.45, 7) is 2.02. The molecule has 2 aromatic rings. The summed E-state index contributed by atoms with van der Waals surface area (Å²) in [6, 6.07) is 10.4. The number of hydrogen-bond acceptors (Lipinski definition) is 4. The highest BCUT2D eigenvalue weighted by molar-refractivity contribution is 6.02. The van der Waals surface area contributed by atoms with Crippen LogP contribution in [0.4, 0.5) is 11.4 Å². The van der Waals surface area contributed by atoms with Crippen molar-refractivity contribution in [2.24, 2.45) is 11.3 Å². The van der Waals surface area contributed by atoms with Crippen LogP contribution in [0.5, 0.6) is 0 Å². The Hall–Kier alpha value is -2.31. The zero-order valence-corrected chi connectivity index (χ0v) is 15.1. The third-order valence-electron chi connectivity index (χ3n) is 5.26.